The fourth-order valence-electron chi connectivity index (χ4n) is 4.15. The highest BCUT2D eigenvalue weighted by Crippen LogP contribution is 2.46. The molecule has 148 valence electrons. The third kappa shape index (κ3) is 6.28. The standard InChI is InChI=1S/C23H39NO2/c1-6-22(4)18-23(14-16-26-22,12-11-19(2)3)13-15-24-17-20-7-9-21(25-5)10-8-20/h7-10,19,24H,6,11-18H2,1-5H3/t22-,23-/m1/s1. The van der Waals surface area contributed by atoms with Crippen LogP contribution >= 0.6 is 0 Å². The molecular weight excluding hydrogens is 322 g/mol. The normalized spacial score (nSPS) is 26.2. The summed E-state index contributed by atoms with van der Waals surface area (Å²) in [4.78, 5) is 0. The number of benzene rings is 1. The lowest BCUT2D eigenvalue weighted by Gasteiger charge is -2.47. The summed E-state index contributed by atoms with van der Waals surface area (Å²) in [6.45, 7) is 12.2. The second kappa shape index (κ2) is 9.75. The monoisotopic (exact) mass is 361 g/mol. The van der Waals surface area contributed by atoms with Crippen molar-refractivity contribution in [2.24, 2.45) is 11.3 Å². The molecule has 0 aliphatic carbocycles. The number of rotatable bonds is 10. The number of nitrogens with one attached hydrogen (secondary N) is 1. The maximum absolute atomic E-state index is 6.14. The minimum absolute atomic E-state index is 0.0607. The molecular formula is C23H39NO2. The van der Waals surface area contributed by atoms with E-state index in [0.29, 0.717) is 5.41 Å². The van der Waals surface area contributed by atoms with Crippen LogP contribution in [0.25, 0.3) is 0 Å². The predicted molar refractivity (Wildman–Crippen MR) is 110 cm³/mol. The van der Waals surface area contributed by atoms with Gasteiger partial charge in [-0.25, -0.2) is 0 Å². The molecule has 1 aromatic carbocycles. The zero-order valence-electron chi connectivity index (χ0n) is 17.6. The summed E-state index contributed by atoms with van der Waals surface area (Å²) < 4.78 is 11.4. The Morgan fingerprint density at radius 2 is 1.92 bits per heavy atom. The van der Waals surface area contributed by atoms with Crippen LogP contribution in [0.15, 0.2) is 24.3 Å². The Labute approximate surface area is 160 Å². The Bertz CT molecular complexity index is 528. The number of hydrogen-bond acceptors (Lipinski definition) is 3. The van der Waals surface area contributed by atoms with Gasteiger partial charge in [-0.15, -0.1) is 0 Å². The largest absolute Gasteiger partial charge is 0.497 e. The average molecular weight is 362 g/mol. The molecule has 1 N–H and O–H groups in total. The molecule has 1 fully saturated rings. The Hall–Kier alpha value is -1.06. The molecule has 3 nitrogen and oxygen atoms in total. The van der Waals surface area contributed by atoms with Crippen molar-refractivity contribution in [2.75, 3.05) is 20.3 Å². The Morgan fingerprint density at radius 3 is 2.54 bits per heavy atom. The Kier molecular flexibility index (Phi) is 7.97. The minimum Gasteiger partial charge on any atom is -0.497 e. The maximum atomic E-state index is 6.14. The van der Waals surface area contributed by atoms with E-state index in [1.165, 1.54) is 37.7 Å². The van der Waals surface area contributed by atoms with Crippen LogP contribution < -0.4 is 10.1 Å². The van der Waals surface area contributed by atoms with Crippen LogP contribution in [0.2, 0.25) is 0 Å². The fourth-order valence-corrected chi connectivity index (χ4v) is 4.15. The summed E-state index contributed by atoms with van der Waals surface area (Å²) in [5.74, 6) is 1.69. The van der Waals surface area contributed by atoms with E-state index >= 15 is 0 Å². The lowest BCUT2D eigenvalue weighted by atomic mass is 9.67. The van der Waals surface area contributed by atoms with Gasteiger partial charge in [0.1, 0.15) is 5.75 Å². The first-order chi connectivity index (χ1) is 12.4. The lowest BCUT2D eigenvalue weighted by molar-refractivity contribution is -0.122. The molecule has 2 atom stereocenters. The van der Waals surface area contributed by atoms with E-state index in [9.17, 15) is 0 Å². The molecule has 1 aliphatic heterocycles. The molecule has 1 aliphatic rings. The molecule has 1 heterocycles. The quantitative estimate of drug-likeness (QED) is 0.552. The third-order valence-electron chi connectivity index (χ3n) is 6.15. The first kappa shape index (κ1) is 21.2. The van der Waals surface area contributed by atoms with Crippen LogP contribution in [0.5, 0.6) is 5.75 Å². The molecule has 0 spiro atoms. The van der Waals surface area contributed by atoms with Gasteiger partial charge in [0.05, 0.1) is 12.7 Å². The van der Waals surface area contributed by atoms with Crippen LogP contribution in [0.4, 0.5) is 0 Å². The van der Waals surface area contributed by atoms with Crippen molar-refractivity contribution in [1.82, 2.24) is 5.32 Å². The van der Waals surface area contributed by atoms with E-state index in [0.717, 1.165) is 37.8 Å². The zero-order chi connectivity index (χ0) is 19.0. The van der Waals surface area contributed by atoms with Gasteiger partial charge >= 0.3 is 0 Å². The van der Waals surface area contributed by atoms with Crippen molar-refractivity contribution >= 4 is 0 Å². The summed E-state index contributed by atoms with van der Waals surface area (Å²) in [5, 5.41) is 3.66. The molecule has 1 aromatic rings. The van der Waals surface area contributed by atoms with E-state index in [1.54, 1.807) is 7.11 Å². The first-order valence-corrected chi connectivity index (χ1v) is 10.4. The van der Waals surface area contributed by atoms with Crippen LogP contribution in [0.3, 0.4) is 0 Å². The summed E-state index contributed by atoms with van der Waals surface area (Å²) in [7, 11) is 1.71. The molecule has 26 heavy (non-hydrogen) atoms. The number of hydrogen-bond donors (Lipinski definition) is 1. The van der Waals surface area contributed by atoms with E-state index in [-0.39, 0.29) is 5.60 Å². The molecule has 1 saturated heterocycles. The van der Waals surface area contributed by atoms with Gasteiger partial charge in [0.15, 0.2) is 0 Å². The second-order valence-electron chi connectivity index (χ2n) is 8.79. The van der Waals surface area contributed by atoms with Crippen molar-refractivity contribution in [1.29, 1.82) is 0 Å². The molecule has 0 radical (unpaired) electrons. The van der Waals surface area contributed by atoms with Crippen LogP contribution in [-0.2, 0) is 11.3 Å². The summed E-state index contributed by atoms with van der Waals surface area (Å²) in [6, 6.07) is 8.35. The van der Waals surface area contributed by atoms with Gasteiger partial charge in [0.2, 0.25) is 0 Å². The average Bonchev–Trinajstić information content (AvgIpc) is 2.64. The van der Waals surface area contributed by atoms with Crippen molar-refractivity contribution in [3.05, 3.63) is 29.8 Å². The van der Waals surface area contributed by atoms with Crippen LogP contribution in [0, 0.1) is 11.3 Å². The molecule has 2 rings (SSSR count). The Balaban J connectivity index is 1.89. The van der Waals surface area contributed by atoms with Crippen LogP contribution in [0.1, 0.15) is 71.8 Å². The van der Waals surface area contributed by atoms with Gasteiger partial charge in [-0.2, -0.15) is 0 Å². The highest BCUT2D eigenvalue weighted by molar-refractivity contribution is 5.26. The predicted octanol–water partition coefficient (Wildman–Crippen LogP) is 5.58. The molecule has 3 heteroatoms. The molecule has 0 saturated carbocycles. The van der Waals surface area contributed by atoms with Crippen molar-refractivity contribution in [3.8, 4) is 5.75 Å². The van der Waals surface area contributed by atoms with Crippen molar-refractivity contribution in [3.63, 3.8) is 0 Å². The smallest absolute Gasteiger partial charge is 0.118 e. The molecule has 0 aromatic heterocycles. The lowest BCUT2D eigenvalue weighted by Crippen LogP contribution is -2.44. The SMILES string of the molecule is CC[C@]1(C)C[C@@](CCNCc2ccc(OC)cc2)(CCC(C)C)CCO1. The zero-order valence-corrected chi connectivity index (χ0v) is 17.6. The van der Waals surface area contributed by atoms with E-state index in [2.05, 4.69) is 45.1 Å². The van der Waals surface area contributed by atoms with Gasteiger partial charge < -0.3 is 14.8 Å². The van der Waals surface area contributed by atoms with E-state index in [4.69, 9.17) is 9.47 Å². The summed E-state index contributed by atoms with van der Waals surface area (Å²) >= 11 is 0. The van der Waals surface area contributed by atoms with E-state index in [1.807, 2.05) is 12.1 Å². The first-order valence-electron chi connectivity index (χ1n) is 10.4. The molecule has 0 unspecified atom stereocenters. The second-order valence-corrected chi connectivity index (χ2v) is 8.79. The van der Waals surface area contributed by atoms with Gasteiger partial charge in [0, 0.05) is 13.2 Å². The number of methoxy groups -OCH3 is 1. The fraction of sp³-hybridized carbons (Fsp3) is 0.739. The highest BCUT2D eigenvalue weighted by Gasteiger charge is 2.41. The Morgan fingerprint density at radius 1 is 1.19 bits per heavy atom. The van der Waals surface area contributed by atoms with Crippen molar-refractivity contribution < 1.29 is 9.47 Å². The molecule has 0 amide bonds. The number of ether oxygens (including phenoxy) is 2. The molecule has 0 bridgehead atoms. The van der Waals surface area contributed by atoms with Gasteiger partial charge in [-0.1, -0.05) is 39.3 Å². The van der Waals surface area contributed by atoms with Gasteiger partial charge in [0.25, 0.3) is 0 Å². The highest BCUT2D eigenvalue weighted by atomic mass is 16.5. The summed E-state index contributed by atoms with van der Waals surface area (Å²) in [5.41, 5.74) is 1.80. The van der Waals surface area contributed by atoms with E-state index < -0.39 is 0 Å². The van der Waals surface area contributed by atoms with Gasteiger partial charge in [-0.3, -0.25) is 0 Å². The van der Waals surface area contributed by atoms with Crippen molar-refractivity contribution in [2.45, 2.75) is 78.4 Å². The maximum Gasteiger partial charge on any atom is 0.118 e. The minimum atomic E-state index is 0.0607. The topological polar surface area (TPSA) is 30.5 Å². The van der Waals surface area contributed by atoms with Gasteiger partial charge in [-0.05, 0) is 74.6 Å². The third-order valence-corrected chi connectivity index (χ3v) is 6.15. The van der Waals surface area contributed by atoms with Crippen LogP contribution in [-0.4, -0.2) is 25.9 Å². The summed E-state index contributed by atoms with van der Waals surface area (Å²) in [6.07, 6.45) is 7.41.